The molecule has 3 aromatic rings. The van der Waals surface area contributed by atoms with Crippen molar-refractivity contribution in [3.05, 3.63) is 69.3 Å². The monoisotopic (exact) mass is 461 g/mol. The Labute approximate surface area is 187 Å². The minimum atomic E-state index is -1.30. The van der Waals surface area contributed by atoms with Crippen molar-refractivity contribution in [1.29, 1.82) is 0 Å². The molecule has 0 unspecified atom stereocenters. The zero-order valence-electron chi connectivity index (χ0n) is 18.7. The fourth-order valence-electron chi connectivity index (χ4n) is 2.94. The predicted octanol–water partition coefficient (Wildman–Crippen LogP) is 0.656. The third kappa shape index (κ3) is 5.38. The Kier molecular flexibility index (Phi) is 7.28. The molecule has 0 saturated heterocycles. The third-order valence-corrected chi connectivity index (χ3v) is 4.54. The normalized spacial score (nSPS) is 10.9. The van der Waals surface area contributed by atoms with Gasteiger partial charge in [-0.1, -0.05) is 12.1 Å². The van der Waals surface area contributed by atoms with Gasteiger partial charge in [-0.15, -0.1) is 10.2 Å². The van der Waals surface area contributed by atoms with Gasteiger partial charge in [0.2, 0.25) is 11.4 Å². The van der Waals surface area contributed by atoms with Crippen LogP contribution in [0.15, 0.2) is 33.5 Å². The molecular formula is C20H24FN7O5. The first-order valence-electron chi connectivity index (χ1n) is 9.43. The molecule has 0 spiro atoms. The summed E-state index contributed by atoms with van der Waals surface area (Å²) in [6.45, 7) is 4.56. The highest BCUT2D eigenvalue weighted by Crippen LogP contribution is 2.20. The molecule has 1 aromatic carbocycles. The average Bonchev–Trinajstić information content (AvgIpc) is 3.17. The summed E-state index contributed by atoms with van der Waals surface area (Å²) in [4.78, 5) is 41.5. The van der Waals surface area contributed by atoms with Gasteiger partial charge in [-0.3, -0.25) is 19.0 Å². The number of aromatic nitrogens is 4. The molecule has 0 saturated carbocycles. The Balaban J connectivity index is 0.00000385. The molecule has 2 heterocycles. The first-order valence-corrected chi connectivity index (χ1v) is 9.43. The summed E-state index contributed by atoms with van der Waals surface area (Å²) in [5.74, 6) is -3.28. The van der Waals surface area contributed by atoms with E-state index in [1.807, 2.05) is 0 Å². The fraction of sp³-hybridized carbons (Fsp3) is 0.300. The minimum Gasteiger partial charge on any atom is -0.867 e. The zero-order chi connectivity index (χ0) is 23.6. The predicted molar refractivity (Wildman–Crippen MR) is 112 cm³/mol. The number of carbonyl (C=O) groups excluding carboxylic acids is 2. The maximum atomic E-state index is 13.0. The summed E-state index contributed by atoms with van der Waals surface area (Å²) in [5, 5.41) is 24.7. The first kappa shape index (κ1) is 25.1. The van der Waals surface area contributed by atoms with E-state index >= 15 is 0 Å². The van der Waals surface area contributed by atoms with Crippen LogP contribution in [-0.4, -0.2) is 31.6 Å². The van der Waals surface area contributed by atoms with Crippen molar-refractivity contribution in [3.63, 3.8) is 0 Å². The largest absolute Gasteiger partial charge is 0.867 e. The number of benzene rings is 1. The number of nitrogens with zero attached hydrogens (tertiary/aromatic N) is 4. The van der Waals surface area contributed by atoms with Crippen LogP contribution < -0.4 is 27.4 Å². The smallest absolute Gasteiger partial charge is 0.309 e. The lowest BCUT2D eigenvalue weighted by Crippen LogP contribution is -2.46. The van der Waals surface area contributed by atoms with E-state index in [4.69, 9.17) is 4.42 Å². The number of carbonyl (C=O) groups is 2. The van der Waals surface area contributed by atoms with Crippen LogP contribution in [0.25, 0.3) is 0 Å². The summed E-state index contributed by atoms with van der Waals surface area (Å²) in [7, 11) is 1.30. The Hall–Kier alpha value is -4.13. The lowest BCUT2D eigenvalue weighted by Gasteiger charge is -2.28. The van der Waals surface area contributed by atoms with Crippen LogP contribution in [0.2, 0.25) is 0 Å². The van der Waals surface area contributed by atoms with E-state index in [2.05, 4.69) is 25.8 Å². The summed E-state index contributed by atoms with van der Waals surface area (Å²) in [6, 6.07) is 5.39. The van der Waals surface area contributed by atoms with Gasteiger partial charge in [-0.05, 0) is 37.3 Å². The highest BCUT2D eigenvalue weighted by molar-refractivity contribution is 5.94. The Bertz CT molecular complexity index is 1230. The Morgan fingerprint density at radius 3 is 2.39 bits per heavy atom. The van der Waals surface area contributed by atoms with Crippen molar-refractivity contribution in [1.82, 2.24) is 36.5 Å². The second-order valence-electron chi connectivity index (χ2n) is 7.49. The molecule has 2 amide bonds. The highest BCUT2D eigenvalue weighted by atomic mass is 19.1. The number of hydrogen-bond acceptors (Lipinski definition) is 8. The number of aryl methyl sites for hydroxylation is 1. The first-order chi connectivity index (χ1) is 15.0. The van der Waals surface area contributed by atoms with Gasteiger partial charge >= 0.3 is 11.8 Å². The van der Waals surface area contributed by atoms with Crippen molar-refractivity contribution < 1.29 is 23.5 Å². The number of quaternary nitrogens is 1. The van der Waals surface area contributed by atoms with Crippen molar-refractivity contribution >= 4 is 11.8 Å². The second-order valence-corrected chi connectivity index (χ2v) is 7.49. The molecule has 0 radical (unpaired) electrons. The molecule has 0 aliphatic carbocycles. The molecule has 2 aromatic heterocycles. The van der Waals surface area contributed by atoms with Crippen LogP contribution in [0.3, 0.4) is 0 Å². The maximum absolute atomic E-state index is 13.0. The van der Waals surface area contributed by atoms with Gasteiger partial charge in [0.15, 0.2) is 0 Å². The number of amides is 2. The molecule has 33 heavy (non-hydrogen) atoms. The number of nitrogens with one attached hydrogen (secondary N) is 2. The molecule has 0 fully saturated rings. The summed E-state index contributed by atoms with van der Waals surface area (Å²) in [6.07, 6.45) is 0. The van der Waals surface area contributed by atoms with Crippen LogP contribution in [0.4, 0.5) is 4.39 Å². The van der Waals surface area contributed by atoms with Gasteiger partial charge in [0.25, 0.3) is 5.91 Å². The summed E-state index contributed by atoms with van der Waals surface area (Å²) in [5.41, 5.74) is -2.33. The molecular weight excluding hydrogens is 437 g/mol. The van der Waals surface area contributed by atoms with E-state index in [0.29, 0.717) is 5.56 Å². The van der Waals surface area contributed by atoms with Crippen LogP contribution in [0, 0.1) is 12.7 Å². The molecule has 176 valence electrons. The molecule has 3 rings (SSSR count). The zero-order valence-corrected chi connectivity index (χ0v) is 18.7. The van der Waals surface area contributed by atoms with Crippen molar-refractivity contribution in [2.24, 2.45) is 7.05 Å². The standard InChI is InChI=1S/C20H21FN6O5.H3N/c1-10-25-26-17(32-10)16(30)24-20(2,3)19-23-13(14(28)18(31)27(19)4)15(29)22-9-11-5-7-12(21)8-6-11;/h5-8,28H,9H2,1-4H3,(H,22,29)(H,24,30);1H3. The van der Waals surface area contributed by atoms with E-state index < -0.39 is 40.2 Å². The summed E-state index contributed by atoms with van der Waals surface area (Å²) < 4.78 is 19.1. The number of halogens is 1. The average molecular weight is 461 g/mol. The number of hydrogen-bond donors (Lipinski definition) is 3. The van der Waals surface area contributed by atoms with Gasteiger partial charge in [0, 0.05) is 20.5 Å². The molecule has 13 heteroatoms. The molecule has 12 nitrogen and oxygen atoms in total. The van der Waals surface area contributed by atoms with E-state index in [9.17, 15) is 23.9 Å². The van der Waals surface area contributed by atoms with Crippen molar-refractivity contribution in [2.45, 2.75) is 32.9 Å². The van der Waals surface area contributed by atoms with Crippen LogP contribution >= 0.6 is 0 Å². The van der Waals surface area contributed by atoms with E-state index in [0.717, 1.165) is 4.57 Å². The van der Waals surface area contributed by atoms with Crippen molar-refractivity contribution in [3.8, 4) is 5.75 Å². The molecule has 6 N–H and O–H groups in total. The molecule has 0 atom stereocenters. The van der Waals surface area contributed by atoms with Crippen LogP contribution in [-0.2, 0) is 19.1 Å². The van der Waals surface area contributed by atoms with Crippen LogP contribution in [0.5, 0.6) is 5.75 Å². The Morgan fingerprint density at radius 2 is 1.82 bits per heavy atom. The van der Waals surface area contributed by atoms with Gasteiger partial charge in [0.1, 0.15) is 17.3 Å². The lowest BCUT2D eigenvalue weighted by atomic mass is 10.0. The Morgan fingerprint density at radius 1 is 1.18 bits per heavy atom. The van der Waals surface area contributed by atoms with Gasteiger partial charge in [-0.2, -0.15) is 0 Å². The second kappa shape index (κ2) is 9.56. The van der Waals surface area contributed by atoms with Crippen LogP contribution in [0.1, 0.15) is 52.3 Å². The van der Waals surface area contributed by atoms with Gasteiger partial charge in [-0.25, -0.2) is 9.37 Å². The maximum Gasteiger partial charge on any atom is 0.309 e. The quantitative estimate of drug-likeness (QED) is 0.476. The topological polar surface area (TPSA) is 192 Å². The molecule has 0 bridgehead atoms. The minimum absolute atomic E-state index is 0. The fourth-order valence-corrected chi connectivity index (χ4v) is 2.94. The highest BCUT2D eigenvalue weighted by Gasteiger charge is 2.31. The van der Waals surface area contributed by atoms with E-state index in [1.165, 1.54) is 52.1 Å². The van der Waals surface area contributed by atoms with Crippen molar-refractivity contribution in [2.75, 3.05) is 0 Å². The van der Waals surface area contributed by atoms with E-state index in [1.54, 1.807) is 0 Å². The third-order valence-electron chi connectivity index (χ3n) is 4.54. The SMILES string of the molecule is Cc1nnc(C(=O)NC(C)(C)c2nc(C(=O)NCc3ccc(F)cc3)c([O-])c(=O)n2C)o1.[NH4+]. The molecule has 0 aliphatic heterocycles. The molecule has 0 aliphatic rings. The van der Waals surface area contributed by atoms with Gasteiger partial charge in [0.05, 0.1) is 5.54 Å². The van der Waals surface area contributed by atoms with Gasteiger partial charge < -0.3 is 26.3 Å². The van der Waals surface area contributed by atoms with E-state index in [-0.39, 0.29) is 30.3 Å². The lowest BCUT2D eigenvalue weighted by molar-refractivity contribution is -0.271. The number of rotatable bonds is 6. The summed E-state index contributed by atoms with van der Waals surface area (Å²) >= 11 is 0.